The van der Waals surface area contributed by atoms with Gasteiger partial charge in [0, 0.05) is 14.5 Å². The summed E-state index contributed by atoms with van der Waals surface area (Å²) in [7, 11) is 1.47. The van der Waals surface area contributed by atoms with Crippen LogP contribution in [0.1, 0.15) is 21.5 Å². The first-order valence-corrected chi connectivity index (χ1v) is 11.0. The predicted molar refractivity (Wildman–Crippen MR) is 127 cm³/mol. The molecule has 0 fully saturated rings. The molecule has 0 aromatic heterocycles. The molecule has 0 amide bonds. The second kappa shape index (κ2) is 9.50. The van der Waals surface area contributed by atoms with Gasteiger partial charge in [-0.1, -0.05) is 37.9 Å². The number of nitrogens with zero attached hydrogens (tertiary/aromatic N) is 1. The van der Waals surface area contributed by atoms with Crippen molar-refractivity contribution in [3.05, 3.63) is 98.1 Å². The zero-order chi connectivity index (χ0) is 22.7. The second-order valence-corrected chi connectivity index (χ2v) is 8.48. The maximum absolute atomic E-state index is 12.4. The number of methoxy groups -OCH3 is 1. The van der Waals surface area contributed by atoms with E-state index >= 15 is 0 Å². The minimum Gasteiger partial charge on any atom is -0.493 e. The Balaban J connectivity index is 1.56. The number of cyclic esters (lactones) is 1. The number of rotatable bonds is 5. The summed E-state index contributed by atoms with van der Waals surface area (Å²) in [5, 5.41) is 0. The van der Waals surface area contributed by atoms with Crippen LogP contribution >= 0.6 is 31.9 Å². The molecule has 1 heterocycles. The van der Waals surface area contributed by atoms with Gasteiger partial charge in [0.25, 0.3) is 0 Å². The molecular formula is C24H15Br2NO5. The Morgan fingerprint density at radius 3 is 2.25 bits per heavy atom. The van der Waals surface area contributed by atoms with Gasteiger partial charge in [0.15, 0.2) is 17.2 Å². The zero-order valence-electron chi connectivity index (χ0n) is 16.7. The van der Waals surface area contributed by atoms with Crippen LogP contribution in [-0.2, 0) is 9.53 Å². The first kappa shape index (κ1) is 22.0. The molecule has 0 N–H and O–H groups in total. The van der Waals surface area contributed by atoms with Crippen molar-refractivity contribution < 1.29 is 23.8 Å². The number of aliphatic imine (C=N–C) groups is 1. The van der Waals surface area contributed by atoms with Crippen LogP contribution in [0.4, 0.5) is 0 Å². The van der Waals surface area contributed by atoms with Crippen molar-refractivity contribution in [1.29, 1.82) is 0 Å². The highest BCUT2D eigenvalue weighted by Crippen LogP contribution is 2.30. The second-order valence-electron chi connectivity index (χ2n) is 6.65. The van der Waals surface area contributed by atoms with Gasteiger partial charge >= 0.3 is 11.9 Å². The molecule has 160 valence electrons. The van der Waals surface area contributed by atoms with Crippen LogP contribution in [0.15, 0.2) is 86.4 Å². The van der Waals surface area contributed by atoms with E-state index in [0.29, 0.717) is 22.4 Å². The first-order valence-electron chi connectivity index (χ1n) is 9.37. The molecule has 6 nitrogen and oxygen atoms in total. The molecule has 4 rings (SSSR count). The Morgan fingerprint density at radius 1 is 0.938 bits per heavy atom. The fourth-order valence-corrected chi connectivity index (χ4v) is 3.41. The molecule has 0 saturated heterocycles. The van der Waals surface area contributed by atoms with E-state index in [9.17, 15) is 9.59 Å². The molecule has 1 aliphatic rings. The number of hydrogen-bond acceptors (Lipinski definition) is 6. The number of carbonyl (C=O) groups is 2. The smallest absolute Gasteiger partial charge is 0.363 e. The Hall–Kier alpha value is -3.23. The fourth-order valence-electron chi connectivity index (χ4n) is 2.89. The summed E-state index contributed by atoms with van der Waals surface area (Å²) in [6.07, 6.45) is 1.58. The van der Waals surface area contributed by atoms with E-state index in [2.05, 4.69) is 36.9 Å². The Kier molecular flexibility index (Phi) is 6.53. The summed E-state index contributed by atoms with van der Waals surface area (Å²) in [6, 6.07) is 19.1. The summed E-state index contributed by atoms with van der Waals surface area (Å²) >= 11 is 6.70. The highest BCUT2D eigenvalue weighted by Gasteiger charge is 2.24. The van der Waals surface area contributed by atoms with Crippen LogP contribution in [0.5, 0.6) is 11.5 Å². The number of esters is 2. The van der Waals surface area contributed by atoms with E-state index in [1.165, 1.54) is 7.11 Å². The minimum atomic E-state index is -0.548. The van der Waals surface area contributed by atoms with Crippen molar-refractivity contribution in [2.75, 3.05) is 7.11 Å². The van der Waals surface area contributed by atoms with Crippen LogP contribution in [0, 0.1) is 0 Å². The lowest BCUT2D eigenvalue weighted by Gasteiger charge is -2.10. The minimum absolute atomic E-state index is 0.157. The molecule has 3 aromatic rings. The van der Waals surface area contributed by atoms with Crippen LogP contribution in [-0.4, -0.2) is 24.9 Å². The van der Waals surface area contributed by atoms with Crippen molar-refractivity contribution >= 4 is 55.8 Å². The Labute approximate surface area is 200 Å². The summed E-state index contributed by atoms with van der Waals surface area (Å²) in [5.74, 6) is -0.220. The Bertz CT molecular complexity index is 1250. The van der Waals surface area contributed by atoms with Crippen molar-refractivity contribution in [3.8, 4) is 11.5 Å². The maximum Gasteiger partial charge on any atom is 0.363 e. The van der Waals surface area contributed by atoms with Gasteiger partial charge in [-0.15, -0.1) is 0 Å². The SMILES string of the molecule is COc1cc(/C=C2\N=C(c3ccc(Br)cc3)OC2=O)ccc1OC(=O)c1ccc(Br)cc1. The molecule has 0 bridgehead atoms. The van der Waals surface area contributed by atoms with E-state index in [0.717, 1.165) is 8.95 Å². The molecule has 0 atom stereocenters. The van der Waals surface area contributed by atoms with Crippen molar-refractivity contribution in [1.82, 2.24) is 0 Å². The normalized spacial score (nSPS) is 14.2. The molecule has 0 aliphatic carbocycles. The predicted octanol–water partition coefficient (Wildman–Crippen LogP) is 5.78. The van der Waals surface area contributed by atoms with E-state index in [1.54, 1.807) is 60.7 Å². The molecule has 0 unspecified atom stereocenters. The van der Waals surface area contributed by atoms with E-state index < -0.39 is 11.9 Å². The van der Waals surface area contributed by atoms with Crippen LogP contribution in [0.25, 0.3) is 6.08 Å². The molecule has 3 aromatic carbocycles. The largest absolute Gasteiger partial charge is 0.493 e. The molecule has 1 aliphatic heterocycles. The van der Waals surface area contributed by atoms with Crippen LogP contribution in [0.2, 0.25) is 0 Å². The van der Waals surface area contributed by atoms with Crippen LogP contribution in [0.3, 0.4) is 0 Å². The number of hydrogen-bond donors (Lipinski definition) is 0. The van der Waals surface area contributed by atoms with Gasteiger partial charge in [-0.3, -0.25) is 0 Å². The molecule has 0 radical (unpaired) electrons. The molecule has 0 saturated carbocycles. The number of halogens is 2. The number of ether oxygens (including phenoxy) is 3. The lowest BCUT2D eigenvalue weighted by Crippen LogP contribution is -2.09. The van der Waals surface area contributed by atoms with Crippen molar-refractivity contribution in [3.63, 3.8) is 0 Å². The third-order valence-corrected chi connectivity index (χ3v) is 5.54. The van der Waals surface area contributed by atoms with E-state index in [1.807, 2.05) is 12.1 Å². The van der Waals surface area contributed by atoms with Gasteiger partial charge < -0.3 is 14.2 Å². The van der Waals surface area contributed by atoms with Gasteiger partial charge in [0.2, 0.25) is 5.90 Å². The highest BCUT2D eigenvalue weighted by molar-refractivity contribution is 9.10. The van der Waals surface area contributed by atoms with E-state index in [-0.39, 0.29) is 17.3 Å². The fraction of sp³-hybridized carbons (Fsp3) is 0.0417. The van der Waals surface area contributed by atoms with Gasteiger partial charge in [0.05, 0.1) is 12.7 Å². The van der Waals surface area contributed by atoms with Gasteiger partial charge in [-0.25, -0.2) is 14.6 Å². The molecule has 32 heavy (non-hydrogen) atoms. The molecular weight excluding hydrogens is 542 g/mol. The monoisotopic (exact) mass is 555 g/mol. The van der Waals surface area contributed by atoms with Gasteiger partial charge in [0.1, 0.15) is 0 Å². The van der Waals surface area contributed by atoms with Crippen molar-refractivity contribution in [2.45, 2.75) is 0 Å². The average molecular weight is 557 g/mol. The van der Waals surface area contributed by atoms with Crippen LogP contribution < -0.4 is 9.47 Å². The van der Waals surface area contributed by atoms with Gasteiger partial charge in [-0.05, 0) is 72.3 Å². The zero-order valence-corrected chi connectivity index (χ0v) is 19.8. The Morgan fingerprint density at radius 2 is 1.59 bits per heavy atom. The average Bonchev–Trinajstić information content (AvgIpc) is 3.15. The summed E-state index contributed by atoms with van der Waals surface area (Å²) in [5.41, 5.74) is 1.89. The lowest BCUT2D eigenvalue weighted by atomic mass is 10.1. The topological polar surface area (TPSA) is 74.2 Å². The summed E-state index contributed by atoms with van der Waals surface area (Å²) in [4.78, 5) is 29.0. The summed E-state index contributed by atoms with van der Waals surface area (Å²) < 4.78 is 17.9. The highest BCUT2D eigenvalue weighted by atomic mass is 79.9. The van der Waals surface area contributed by atoms with E-state index in [4.69, 9.17) is 14.2 Å². The maximum atomic E-state index is 12.4. The van der Waals surface area contributed by atoms with Crippen molar-refractivity contribution in [2.24, 2.45) is 4.99 Å². The summed E-state index contributed by atoms with van der Waals surface area (Å²) in [6.45, 7) is 0. The lowest BCUT2D eigenvalue weighted by molar-refractivity contribution is -0.129. The third kappa shape index (κ3) is 4.98. The molecule has 0 spiro atoms. The number of benzene rings is 3. The molecule has 8 heteroatoms. The third-order valence-electron chi connectivity index (χ3n) is 4.49. The standard InChI is InChI=1S/C24H15Br2NO5/c1-30-21-13-14(2-11-20(21)31-23(28)16-5-9-18(26)10-6-16)12-19-24(29)32-22(27-19)15-3-7-17(25)8-4-15/h2-13H,1H3/b19-12-. The quantitative estimate of drug-likeness (QED) is 0.226. The van der Waals surface area contributed by atoms with Gasteiger partial charge in [-0.2, -0.15) is 0 Å². The first-order chi connectivity index (χ1) is 15.4. The number of carbonyl (C=O) groups excluding carboxylic acids is 2.